The predicted octanol–water partition coefficient (Wildman–Crippen LogP) is 5.19. The van der Waals surface area contributed by atoms with Crippen molar-refractivity contribution in [2.75, 3.05) is 6.61 Å². The van der Waals surface area contributed by atoms with Gasteiger partial charge in [0, 0.05) is 6.42 Å². The maximum atomic E-state index is 13.1. The van der Waals surface area contributed by atoms with Gasteiger partial charge in [0.1, 0.15) is 0 Å². The van der Waals surface area contributed by atoms with Crippen LogP contribution in [0.5, 0.6) is 0 Å². The number of ether oxygens (including phenoxy) is 1. The number of aliphatic imine (C=N–C) groups is 1. The molecule has 1 aromatic rings. The van der Waals surface area contributed by atoms with E-state index in [9.17, 15) is 26.3 Å². The Labute approximate surface area is 150 Å². The van der Waals surface area contributed by atoms with Crippen LogP contribution in [0.4, 0.5) is 32.0 Å². The molecule has 0 aromatic heterocycles. The van der Waals surface area contributed by atoms with Gasteiger partial charge in [-0.05, 0) is 32.0 Å². The van der Waals surface area contributed by atoms with E-state index < -0.39 is 41.5 Å². The first-order valence-corrected chi connectivity index (χ1v) is 7.72. The Bertz CT molecular complexity index is 809. The van der Waals surface area contributed by atoms with Gasteiger partial charge in [-0.1, -0.05) is 0 Å². The molecule has 1 aliphatic rings. The van der Waals surface area contributed by atoms with Gasteiger partial charge in [0.2, 0.25) is 5.90 Å². The summed E-state index contributed by atoms with van der Waals surface area (Å²) in [5.41, 5.74) is -3.59. The lowest BCUT2D eigenvalue weighted by atomic mass is 9.95. The van der Waals surface area contributed by atoms with Crippen molar-refractivity contribution < 1.29 is 31.1 Å². The number of alkyl halides is 6. The smallest absolute Gasteiger partial charge is 0.417 e. The molecule has 0 aliphatic carbocycles. The second-order valence-corrected chi connectivity index (χ2v) is 5.94. The second-order valence-electron chi connectivity index (χ2n) is 5.94. The normalized spacial score (nSPS) is 23.4. The Morgan fingerprint density at radius 1 is 1.33 bits per heavy atom. The molecule has 0 amide bonds. The molecule has 1 aliphatic heterocycles. The first kappa shape index (κ1) is 20.7. The third-order valence-corrected chi connectivity index (χ3v) is 3.79. The van der Waals surface area contributed by atoms with E-state index in [0.717, 1.165) is 12.1 Å². The van der Waals surface area contributed by atoms with E-state index in [2.05, 4.69) is 15.2 Å². The first-order chi connectivity index (χ1) is 12.4. The fourth-order valence-corrected chi connectivity index (χ4v) is 2.46. The Morgan fingerprint density at radius 2 is 2.00 bits per heavy atom. The van der Waals surface area contributed by atoms with Crippen LogP contribution in [0.2, 0.25) is 0 Å². The Balaban J connectivity index is 2.45. The summed E-state index contributed by atoms with van der Waals surface area (Å²) in [6.07, 6.45) is -9.96. The average Bonchev–Trinajstić information content (AvgIpc) is 2.97. The maximum Gasteiger partial charge on any atom is 0.417 e. The maximum absolute atomic E-state index is 13.1. The summed E-state index contributed by atoms with van der Waals surface area (Å²) in [7, 11) is 0. The fraction of sp³-hybridized carbons (Fsp3) is 0.500. The molecular formula is C16H14F6N4O. The van der Waals surface area contributed by atoms with Gasteiger partial charge in [0.25, 0.3) is 0 Å². The number of nitriles is 1. The minimum Gasteiger partial charge on any atom is -0.479 e. The summed E-state index contributed by atoms with van der Waals surface area (Å²) >= 11 is 0. The van der Waals surface area contributed by atoms with E-state index in [0.29, 0.717) is 6.07 Å². The molecule has 5 nitrogen and oxygen atoms in total. The summed E-state index contributed by atoms with van der Waals surface area (Å²) in [6.45, 7) is 2.88. The summed E-state index contributed by atoms with van der Waals surface area (Å²) in [6, 6.07) is 2.10. The third kappa shape index (κ3) is 4.56. The molecule has 1 heterocycles. The van der Waals surface area contributed by atoms with E-state index in [1.165, 1.54) is 13.0 Å². The van der Waals surface area contributed by atoms with Crippen LogP contribution in [0, 0.1) is 11.3 Å². The average molecular weight is 392 g/mol. The highest BCUT2D eigenvalue weighted by atomic mass is 19.4. The van der Waals surface area contributed by atoms with Gasteiger partial charge in [-0.3, -0.25) is 0 Å². The van der Waals surface area contributed by atoms with Crippen LogP contribution in [-0.2, 0) is 10.9 Å². The van der Waals surface area contributed by atoms with Gasteiger partial charge in [-0.25, -0.2) is 4.99 Å². The van der Waals surface area contributed by atoms with Gasteiger partial charge < -0.3 is 4.74 Å². The molecule has 27 heavy (non-hydrogen) atoms. The zero-order valence-electron chi connectivity index (χ0n) is 14.2. The molecule has 11 heteroatoms. The van der Waals surface area contributed by atoms with E-state index in [1.807, 2.05) is 0 Å². The van der Waals surface area contributed by atoms with Crippen molar-refractivity contribution in [1.82, 2.24) is 0 Å². The molecule has 0 fully saturated rings. The van der Waals surface area contributed by atoms with Crippen LogP contribution in [0.1, 0.15) is 31.4 Å². The second kappa shape index (κ2) is 7.17. The largest absolute Gasteiger partial charge is 0.479 e. The summed E-state index contributed by atoms with van der Waals surface area (Å²) in [4.78, 5) is 3.93. The highest BCUT2D eigenvalue weighted by Gasteiger charge is 2.51. The zero-order chi connectivity index (χ0) is 20.5. The zero-order valence-corrected chi connectivity index (χ0v) is 14.2. The Hall–Kier alpha value is -2.64. The third-order valence-electron chi connectivity index (χ3n) is 3.79. The van der Waals surface area contributed by atoms with Crippen molar-refractivity contribution in [3.8, 4) is 6.07 Å². The van der Waals surface area contributed by atoms with Gasteiger partial charge in [-0.2, -0.15) is 41.8 Å². The van der Waals surface area contributed by atoms with Crippen LogP contribution >= 0.6 is 0 Å². The van der Waals surface area contributed by atoms with Crippen LogP contribution in [0.15, 0.2) is 33.4 Å². The molecule has 0 saturated heterocycles. The minimum absolute atomic E-state index is 0.0169. The quantitative estimate of drug-likeness (QED) is 0.404. The first-order valence-electron chi connectivity index (χ1n) is 7.72. The van der Waals surface area contributed by atoms with Crippen molar-refractivity contribution >= 4 is 11.6 Å². The molecular weight excluding hydrogens is 378 g/mol. The number of benzene rings is 1. The van der Waals surface area contributed by atoms with Crippen molar-refractivity contribution in [2.24, 2.45) is 15.2 Å². The molecule has 1 unspecified atom stereocenters. The lowest BCUT2D eigenvalue weighted by Gasteiger charge is -2.22. The fourth-order valence-electron chi connectivity index (χ4n) is 2.46. The number of hydrogen-bond acceptors (Lipinski definition) is 5. The van der Waals surface area contributed by atoms with Gasteiger partial charge in [-0.15, -0.1) is 0 Å². The van der Waals surface area contributed by atoms with Crippen molar-refractivity contribution in [3.05, 3.63) is 29.3 Å². The standard InChI is InChI=1S/C16H14F6N4O/c1-3-27-13(14(2)7-12(25-26-14)16(20,21)22)24-10-5-4-9(8-23)11(6-10)15(17,18)19/h4-6,12H,3,7H2,1-2H3/t12?,14-/m1/s1. The molecule has 0 spiro atoms. The van der Waals surface area contributed by atoms with Crippen LogP contribution in [-0.4, -0.2) is 30.3 Å². The SMILES string of the molecule is CCOC(=Nc1ccc(C#N)c(C(F)(F)F)c1)[C@@]1(C)CC(C(F)(F)F)N=N1. The lowest BCUT2D eigenvalue weighted by Crippen LogP contribution is -2.37. The number of nitrogens with zero attached hydrogens (tertiary/aromatic N) is 4. The summed E-state index contributed by atoms with van der Waals surface area (Å²) in [5.74, 6) is -0.279. The number of halogens is 6. The molecule has 146 valence electrons. The molecule has 2 atom stereocenters. The molecule has 0 N–H and O–H groups in total. The highest BCUT2D eigenvalue weighted by molar-refractivity contribution is 5.88. The van der Waals surface area contributed by atoms with Crippen molar-refractivity contribution in [1.29, 1.82) is 5.26 Å². The number of azo groups is 1. The molecule has 1 aromatic carbocycles. The summed E-state index contributed by atoms with van der Waals surface area (Å²) < 4.78 is 83.0. The Kier molecular flexibility index (Phi) is 5.49. The van der Waals surface area contributed by atoms with E-state index in [1.54, 1.807) is 6.92 Å². The predicted molar refractivity (Wildman–Crippen MR) is 82.6 cm³/mol. The van der Waals surface area contributed by atoms with Gasteiger partial charge in [0.05, 0.1) is 29.5 Å². The van der Waals surface area contributed by atoms with Gasteiger partial charge in [0.15, 0.2) is 11.6 Å². The van der Waals surface area contributed by atoms with E-state index in [4.69, 9.17) is 10.00 Å². The highest BCUT2D eigenvalue weighted by Crippen LogP contribution is 2.39. The lowest BCUT2D eigenvalue weighted by molar-refractivity contribution is -0.147. The van der Waals surface area contributed by atoms with E-state index in [-0.39, 0.29) is 18.2 Å². The van der Waals surface area contributed by atoms with Crippen LogP contribution in [0.3, 0.4) is 0 Å². The van der Waals surface area contributed by atoms with E-state index >= 15 is 0 Å². The molecule has 0 saturated carbocycles. The van der Waals surface area contributed by atoms with Crippen LogP contribution < -0.4 is 0 Å². The molecule has 0 radical (unpaired) electrons. The molecule has 0 bridgehead atoms. The van der Waals surface area contributed by atoms with Crippen LogP contribution in [0.25, 0.3) is 0 Å². The Morgan fingerprint density at radius 3 is 2.48 bits per heavy atom. The number of hydrogen-bond donors (Lipinski definition) is 0. The molecule has 2 rings (SSSR count). The minimum atomic E-state index is -4.79. The monoisotopic (exact) mass is 392 g/mol. The van der Waals surface area contributed by atoms with Crippen molar-refractivity contribution in [2.45, 2.75) is 44.2 Å². The van der Waals surface area contributed by atoms with Crippen molar-refractivity contribution in [3.63, 3.8) is 0 Å². The summed E-state index contributed by atoms with van der Waals surface area (Å²) in [5, 5.41) is 15.6. The number of rotatable bonds is 3. The topological polar surface area (TPSA) is 70.1 Å². The van der Waals surface area contributed by atoms with Gasteiger partial charge >= 0.3 is 12.4 Å².